The van der Waals surface area contributed by atoms with Crippen molar-refractivity contribution in [2.24, 2.45) is 0 Å². The van der Waals surface area contributed by atoms with Crippen LogP contribution in [0.1, 0.15) is 15.9 Å². The number of halogens is 1. The fraction of sp³-hybridized carbons (Fsp3) is 0.0500. The Labute approximate surface area is 165 Å². The second-order valence-electron chi connectivity index (χ2n) is 5.70. The summed E-state index contributed by atoms with van der Waals surface area (Å²) in [5.74, 6) is 0.467. The van der Waals surface area contributed by atoms with E-state index >= 15 is 0 Å². The molecule has 136 valence electrons. The van der Waals surface area contributed by atoms with Gasteiger partial charge in [-0.25, -0.2) is 0 Å². The number of nitro benzene ring substituents is 1. The lowest BCUT2D eigenvalue weighted by Gasteiger charge is -2.08. The fourth-order valence-corrected chi connectivity index (χ4v) is 3.13. The standard InChI is InChI=1S/C20H14ClNO4S/c1-13-2-9-17(10-3-13)27-20(23)14-4-11-19(18(12-14)22(24)25)26-16-7-5-15(21)6-8-16/h2-12H,1H3. The van der Waals surface area contributed by atoms with E-state index in [-0.39, 0.29) is 22.1 Å². The lowest BCUT2D eigenvalue weighted by Crippen LogP contribution is -1.98. The summed E-state index contributed by atoms with van der Waals surface area (Å²) in [6.07, 6.45) is 0. The van der Waals surface area contributed by atoms with Gasteiger partial charge in [0.1, 0.15) is 5.75 Å². The summed E-state index contributed by atoms with van der Waals surface area (Å²) in [7, 11) is 0. The lowest BCUT2D eigenvalue weighted by atomic mass is 10.2. The minimum Gasteiger partial charge on any atom is -0.450 e. The predicted octanol–water partition coefficient (Wildman–Crippen LogP) is 6.28. The summed E-state index contributed by atoms with van der Waals surface area (Å²) in [4.78, 5) is 24.1. The van der Waals surface area contributed by atoms with Gasteiger partial charge in [0.25, 0.3) is 0 Å². The third-order valence-electron chi connectivity index (χ3n) is 3.66. The summed E-state index contributed by atoms with van der Waals surface area (Å²) in [6.45, 7) is 1.96. The SMILES string of the molecule is Cc1ccc(SC(=O)c2ccc(Oc3ccc(Cl)cc3)c([N+](=O)[O-])c2)cc1. The Morgan fingerprint density at radius 1 is 1.04 bits per heavy atom. The molecule has 0 radical (unpaired) electrons. The minimum absolute atomic E-state index is 0.0548. The zero-order valence-corrected chi connectivity index (χ0v) is 15.8. The number of thioether (sulfide) groups is 1. The molecule has 7 heteroatoms. The van der Waals surface area contributed by atoms with E-state index in [9.17, 15) is 14.9 Å². The van der Waals surface area contributed by atoms with Gasteiger partial charge in [-0.05, 0) is 67.2 Å². The highest BCUT2D eigenvalue weighted by molar-refractivity contribution is 8.14. The summed E-state index contributed by atoms with van der Waals surface area (Å²) in [5.41, 5.74) is 1.04. The topological polar surface area (TPSA) is 69.4 Å². The van der Waals surface area contributed by atoms with Crippen LogP contribution in [0.15, 0.2) is 71.6 Å². The number of rotatable bonds is 5. The van der Waals surface area contributed by atoms with Crippen LogP contribution in [0.5, 0.6) is 11.5 Å². The number of aryl methyl sites for hydroxylation is 1. The molecular formula is C20H14ClNO4S. The Balaban J connectivity index is 1.84. The van der Waals surface area contributed by atoms with Crippen molar-refractivity contribution in [2.75, 3.05) is 0 Å². The highest BCUT2D eigenvalue weighted by Crippen LogP contribution is 2.34. The number of hydrogen-bond acceptors (Lipinski definition) is 5. The van der Waals surface area contributed by atoms with E-state index in [4.69, 9.17) is 16.3 Å². The molecule has 0 amide bonds. The normalized spacial score (nSPS) is 10.4. The van der Waals surface area contributed by atoms with E-state index in [2.05, 4.69) is 0 Å². The first-order chi connectivity index (χ1) is 12.9. The molecule has 0 atom stereocenters. The van der Waals surface area contributed by atoms with Crippen LogP contribution in [-0.2, 0) is 0 Å². The number of nitro groups is 1. The Kier molecular flexibility index (Phi) is 5.78. The van der Waals surface area contributed by atoms with Gasteiger partial charge in [0.15, 0.2) is 0 Å². The summed E-state index contributed by atoms with van der Waals surface area (Å²) >= 11 is 6.84. The van der Waals surface area contributed by atoms with Gasteiger partial charge in [0, 0.05) is 21.5 Å². The van der Waals surface area contributed by atoms with Crippen molar-refractivity contribution in [1.82, 2.24) is 0 Å². The number of ether oxygens (including phenoxy) is 1. The number of hydrogen-bond donors (Lipinski definition) is 0. The van der Waals surface area contributed by atoms with E-state index in [1.54, 1.807) is 24.3 Å². The number of carbonyl (C=O) groups is 1. The highest BCUT2D eigenvalue weighted by Gasteiger charge is 2.20. The largest absolute Gasteiger partial charge is 0.450 e. The van der Waals surface area contributed by atoms with E-state index in [0.29, 0.717) is 10.8 Å². The Morgan fingerprint density at radius 2 is 1.70 bits per heavy atom. The van der Waals surface area contributed by atoms with Crippen LogP contribution >= 0.6 is 23.4 Å². The molecule has 0 fully saturated rings. The summed E-state index contributed by atoms with van der Waals surface area (Å²) < 4.78 is 5.57. The van der Waals surface area contributed by atoms with Crippen molar-refractivity contribution in [1.29, 1.82) is 0 Å². The highest BCUT2D eigenvalue weighted by atomic mass is 35.5. The van der Waals surface area contributed by atoms with E-state index < -0.39 is 4.92 Å². The van der Waals surface area contributed by atoms with Gasteiger partial charge in [-0.2, -0.15) is 0 Å². The fourth-order valence-electron chi connectivity index (χ4n) is 2.28. The molecule has 27 heavy (non-hydrogen) atoms. The molecule has 0 aliphatic rings. The maximum atomic E-state index is 12.5. The zero-order chi connectivity index (χ0) is 19.4. The monoisotopic (exact) mass is 399 g/mol. The van der Waals surface area contributed by atoms with Gasteiger partial charge in [-0.1, -0.05) is 29.3 Å². The smallest absolute Gasteiger partial charge is 0.312 e. The van der Waals surface area contributed by atoms with Crippen LogP contribution < -0.4 is 4.74 Å². The van der Waals surface area contributed by atoms with E-state index in [1.165, 1.54) is 18.2 Å². The molecule has 0 aromatic heterocycles. The third kappa shape index (κ3) is 4.87. The van der Waals surface area contributed by atoms with Crippen molar-refractivity contribution in [3.8, 4) is 11.5 Å². The van der Waals surface area contributed by atoms with E-state index in [0.717, 1.165) is 22.2 Å². The molecule has 0 N–H and O–H groups in total. The molecule has 0 aliphatic heterocycles. The molecule has 3 aromatic rings. The zero-order valence-electron chi connectivity index (χ0n) is 14.2. The first kappa shape index (κ1) is 18.9. The number of nitrogens with zero attached hydrogens (tertiary/aromatic N) is 1. The molecule has 0 saturated carbocycles. The number of benzene rings is 3. The Morgan fingerprint density at radius 3 is 2.33 bits per heavy atom. The van der Waals surface area contributed by atoms with Crippen LogP contribution in [0.3, 0.4) is 0 Å². The molecule has 3 aromatic carbocycles. The molecule has 3 rings (SSSR count). The molecule has 0 spiro atoms. The minimum atomic E-state index is -0.571. The maximum Gasteiger partial charge on any atom is 0.312 e. The third-order valence-corrected chi connectivity index (χ3v) is 4.85. The molecule has 0 bridgehead atoms. The van der Waals surface area contributed by atoms with Crippen molar-refractivity contribution in [2.45, 2.75) is 11.8 Å². The van der Waals surface area contributed by atoms with Crippen LogP contribution in [0.2, 0.25) is 5.02 Å². The average Bonchev–Trinajstić information content (AvgIpc) is 2.65. The van der Waals surface area contributed by atoms with Crippen molar-refractivity contribution in [3.63, 3.8) is 0 Å². The molecular weight excluding hydrogens is 386 g/mol. The average molecular weight is 400 g/mol. The molecule has 0 unspecified atom stereocenters. The molecule has 0 heterocycles. The van der Waals surface area contributed by atoms with Crippen LogP contribution in [-0.4, -0.2) is 10.0 Å². The van der Waals surface area contributed by atoms with E-state index in [1.807, 2.05) is 31.2 Å². The van der Waals surface area contributed by atoms with Gasteiger partial charge in [-0.15, -0.1) is 0 Å². The van der Waals surface area contributed by atoms with Gasteiger partial charge in [0.2, 0.25) is 10.9 Å². The van der Waals surface area contributed by atoms with Crippen LogP contribution in [0.25, 0.3) is 0 Å². The molecule has 0 aliphatic carbocycles. The van der Waals surface area contributed by atoms with Gasteiger partial charge >= 0.3 is 5.69 Å². The van der Waals surface area contributed by atoms with Crippen LogP contribution in [0.4, 0.5) is 5.69 Å². The van der Waals surface area contributed by atoms with Crippen molar-refractivity contribution in [3.05, 3.63) is 93.0 Å². The number of carbonyl (C=O) groups excluding carboxylic acids is 1. The molecule has 5 nitrogen and oxygen atoms in total. The van der Waals surface area contributed by atoms with Crippen molar-refractivity contribution < 1.29 is 14.5 Å². The molecule has 0 saturated heterocycles. The first-order valence-corrected chi connectivity index (χ1v) is 9.12. The summed E-state index contributed by atoms with van der Waals surface area (Å²) in [5, 5.41) is 11.7. The maximum absolute atomic E-state index is 12.5. The second-order valence-corrected chi connectivity index (χ2v) is 7.18. The quantitative estimate of drug-likeness (QED) is 0.287. The second kappa shape index (κ2) is 8.24. The van der Waals surface area contributed by atoms with Gasteiger partial charge in [0.05, 0.1) is 4.92 Å². The summed E-state index contributed by atoms with van der Waals surface area (Å²) in [6, 6.07) is 18.1. The van der Waals surface area contributed by atoms with Gasteiger partial charge < -0.3 is 4.74 Å². The predicted molar refractivity (Wildman–Crippen MR) is 106 cm³/mol. The van der Waals surface area contributed by atoms with Crippen LogP contribution in [0, 0.1) is 17.0 Å². The first-order valence-electron chi connectivity index (χ1n) is 7.93. The lowest BCUT2D eigenvalue weighted by molar-refractivity contribution is -0.385. The Hall–Kier alpha value is -2.83. The van der Waals surface area contributed by atoms with Crippen molar-refractivity contribution >= 4 is 34.2 Å². The van der Waals surface area contributed by atoms with Gasteiger partial charge in [-0.3, -0.25) is 14.9 Å². The Bertz CT molecular complexity index is 988.